The van der Waals surface area contributed by atoms with Crippen molar-refractivity contribution in [3.8, 4) is 11.4 Å². The average molecular weight is 536 g/mol. The molecule has 39 heavy (non-hydrogen) atoms. The Morgan fingerprint density at radius 1 is 1.10 bits per heavy atom. The van der Waals surface area contributed by atoms with E-state index < -0.39 is 0 Å². The summed E-state index contributed by atoms with van der Waals surface area (Å²) in [7, 11) is 0. The van der Waals surface area contributed by atoms with Crippen LogP contribution in [0, 0.1) is 19.3 Å². The highest BCUT2D eigenvalue weighted by atomic mass is 32.1. The van der Waals surface area contributed by atoms with Crippen LogP contribution in [0.5, 0.6) is 0 Å². The number of H-pyrrole nitrogens is 2. The molecule has 0 saturated carbocycles. The summed E-state index contributed by atoms with van der Waals surface area (Å²) in [6, 6.07) is 8.52. The van der Waals surface area contributed by atoms with Gasteiger partial charge in [0.05, 0.1) is 22.9 Å². The third-order valence-corrected chi connectivity index (χ3v) is 7.63. The Labute approximate surface area is 235 Å². The summed E-state index contributed by atoms with van der Waals surface area (Å²) in [5.74, 6) is 0. The maximum absolute atomic E-state index is 4.69. The van der Waals surface area contributed by atoms with E-state index in [0.29, 0.717) is 0 Å². The third-order valence-electron chi connectivity index (χ3n) is 6.60. The molecule has 0 aromatic carbocycles. The summed E-state index contributed by atoms with van der Waals surface area (Å²) < 4.78 is 0. The number of pyridine rings is 1. The van der Waals surface area contributed by atoms with Gasteiger partial charge in [0.15, 0.2) is 0 Å². The zero-order valence-corrected chi connectivity index (χ0v) is 24.5. The number of anilines is 1. The zero-order valence-electron chi connectivity index (χ0n) is 23.7. The summed E-state index contributed by atoms with van der Waals surface area (Å²) in [6.45, 7) is 25.1. The van der Waals surface area contributed by atoms with Gasteiger partial charge in [0.2, 0.25) is 0 Å². The second kappa shape index (κ2) is 11.3. The van der Waals surface area contributed by atoms with Crippen molar-refractivity contribution in [1.29, 1.82) is 0 Å². The highest BCUT2D eigenvalue weighted by Crippen LogP contribution is 2.33. The van der Waals surface area contributed by atoms with Gasteiger partial charge in [-0.2, -0.15) is 5.10 Å². The van der Waals surface area contributed by atoms with E-state index in [2.05, 4.69) is 110 Å². The number of allylic oxidation sites excluding steroid dienone is 4. The normalized spacial score (nSPS) is 13.1. The number of nitrogens with zero attached hydrogens (tertiary/aromatic N) is 2. The van der Waals surface area contributed by atoms with Crippen LogP contribution in [0.15, 0.2) is 74.2 Å². The molecule has 0 bridgehead atoms. The molecule has 0 aliphatic rings. The minimum absolute atomic E-state index is 0.0627. The Hall–Kier alpha value is -4.16. The van der Waals surface area contributed by atoms with E-state index in [-0.39, 0.29) is 5.41 Å². The molecule has 0 aliphatic heterocycles. The van der Waals surface area contributed by atoms with E-state index in [1.807, 2.05) is 31.3 Å². The average Bonchev–Trinajstić information content (AvgIpc) is 3.60. The Morgan fingerprint density at radius 3 is 2.51 bits per heavy atom. The molecule has 5 nitrogen and oxygen atoms in total. The van der Waals surface area contributed by atoms with Crippen molar-refractivity contribution in [3.05, 3.63) is 111 Å². The maximum Gasteiger partial charge on any atom is 0.116 e. The number of thiophene rings is 1. The summed E-state index contributed by atoms with van der Waals surface area (Å²) >= 11 is 1.78. The van der Waals surface area contributed by atoms with E-state index >= 15 is 0 Å². The number of hydrogen-bond donors (Lipinski definition) is 3. The van der Waals surface area contributed by atoms with Crippen LogP contribution < -0.4 is 15.9 Å². The summed E-state index contributed by atoms with van der Waals surface area (Å²) in [5.41, 5.74) is 8.61. The minimum Gasteiger partial charge on any atom is -0.358 e. The molecule has 4 rings (SSSR count). The number of aryl methyl sites for hydroxylation is 2. The molecule has 0 radical (unpaired) electrons. The number of aromatic amines is 2. The first-order valence-electron chi connectivity index (χ1n) is 12.9. The van der Waals surface area contributed by atoms with E-state index in [0.717, 1.165) is 61.3 Å². The van der Waals surface area contributed by atoms with Crippen LogP contribution in [0.3, 0.4) is 0 Å². The van der Waals surface area contributed by atoms with E-state index in [4.69, 9.17) is 0 Å². The Bertz CT molecular complexity index is 1700. The fourth-order valence-corrected chi connectivity index (χ4v) is 5.11. The van der Waals surface area contributed by atoms with Crippen molar-refractivity contribution in [2.24, 2.45) is 5.41 Å². The Kier molecular flexibility index (Phi) is 8.07. The van der Waals surface area contributed by atoms with Gasteiger partial charge in [0.1, 0.15) is 5.69 Å². The second-order valence-electron chi connectivity index (χ2n) is 10.6. The summed E-state index contributed by atoms with van der Waals surface area (Å²) in [4.78, 5) is 10.5. The van der Waals surface area contributed by atoms with Crippen molar-refractivity contribution in [2.75, 3.05) is 5.32 Å². The Morgan fingerprint density at radius 2 is 1.87 bits per heavy atom. The lowest BCUT2D eigenvalue weighted by Gasteiger charge is -2.23. The smallest absolute Gasteiger partial charge is 0.116 e. The highest BCUT2D eigenvalue weighted by molar-refractivity contribution is 7.13. The van der Waals surface area contributed by atoms with Gasteiger partial charge in [-0.05, 0) is 56.7 Å². The van der Waals surface area contributed by atoms with Crippen LogP contribution in [0.25, 0.3) is 34.7 Å². The molecule has 4 heterocycles. The largest absolute Gasteiger partial charge is 0.358 e. The van der Waals surface area contributed by atoms with Crippen LogP contribution in [0.1, 0.15) is 54.3 Å². The molecule has 0 fully saturated rings. The van der Waals surface area contributed by atoms with Gasteiger partial charge in [0, 0.05) is 54.7 Å². The highest BCUT2D eigenvalue weighted by Gasteiger charge is 2.17. The molecule has 0 aliphatic carbocycles. The van der Waals surface area contributed by atoms with Gasteiger partial charge < -0.3 is 10.3 Å². The van der Waals surface area contributed by atoms with Crippen molar-refractivity contribution in [2.45, 2.75) is 41.5 Å². The van der Waals surface area contributed by atoms with Crippen molar-refractivity contribution in [1.82, 2.24) is 20.2 Å². The van der Waals surface area contributed by atoms with Gasteiger partial charge in [0.25, 0.3) is 0 Å². The monoisotopic (exact) mass is 535 g/mol. The summed E-state index contributed by atoms with van der Waals surface area (Å²) in [6.07, 6.45) is 11.6. The first-order chi connectivity index (χ1) is 18.5. The molecule has 0 atom stereocenters. The van der Waals surface area contributed by atoms with E-state index in [1.165, 1.54) is 9.75 Å². The molecular formula is C33H37N5S. The molecule has 0 unspecified atom stereocenters. The molecule has 4 aromatic heterocycles. The fourth-order valence-electron chi connectivity index (χ4n) is 4.21. The van der Waals surface area contributed by atoms with Gasteiger partial charge in [-0.1, -0.05) is 58.7 Å². The van der Waals surface area contributed by atoms with Crippen LogP contribution in [-0.2, 0) is 0 Å². The topological polar surface area (TPSA) is 69.4 Å². The molecule has 0 spiro atoms. The predicted octanol–water partition coefficient (Wildman–Crippen LogP) is 7.36. The Balaban J connectivity index is 1.75. The van der Waals surface area contributed by atoms with Crippen LogP contribution in [0.2, 0.25) is 0 Å². The predicted molar refractivity (Wildman–Crippen MR) is 169 cm³/mol. The lowest BCUT2D eigenvalue weighted by Crippen LogP contribution is -2.23. The second-order valence-corrected chi connectivity index (χ2v) is 11.9. The van der Waals surface area contributed by atoms with Crippen LogP contribution in [0.4, 0.5) is 5.69 Å². The molecule has 200 valence electrons. The fraction of sp³-hybridized carbons (Fsp3) is 0.212. The number of nitrogens with one attached hydrogen (secondary N) is 3. The van der Waals surface area contributed by atoms with Gasteiger partial charge in [-0.25, -0.2) is 0 Å². The van der Waals surface area contributed by atoms with Crippen LogP contribution >= 0.6 is 11.3 Å². The van der Waals surface area contributed by atoms with E-state index in [9.17, 15) is 0 Å². The van der Waals surface area contributed by atoms with Crippen molar-refractivity contribution >= 4 is 40.3 Å². The molecule has 3 N–H and O–H groups in total. The SMILES string of the molecule is C=C/C=C(/c1ccc(C)s1)c1cc(-c2n[nH]c(=C/C)/c2=C\C(=C)c2cncc(NC(=C)C(C)(C)C)c2)[nH]c1C. The zero-order chi connectivity index (χ0) is 28.3. The third kappa shape index (κ3) is 6.13. The number of rotatable bonds is 8. The molecule has 0 amide bonds. The lowest BCUT2D eigenvalue weighted by molar-refractivity contribution is 0.509. The van der Waals surface area contributed by atoms with E-state index in [1.54, 1.807) is 17.5 Å². The van der Waals surface area contributed by atoms with Gasteiger partial charge in [-0.15, -0.1) is 11.3 Å². The van der Waals surface area contributed by atoms with Crippen molar-refractivity contribution < 1.29 is 0 Å². The lowest BCUT2D eigenvalue weighted by atomic mass is 9.93. The molecule has 6 heteroatoms. The van der Waals surface area contributed by atoms with Crippen molar-refractivity contribution in [3.63, 3.8) is 0 Å². The number of hydrogen-bond acceptors (Lipinski definition) is 4. The van der Waals surface area contributed by atoms with Gasteiger partial charge >= 0.3 is 0 Å². The quantitative estimate of drug-likeness (QED) is 0.206. The first-order valence-corrected chi connectivity index (χ1v) is 13.8. The number of aromatic nitrogens is 4. The standard InChI is InChI=1S/C33H37N5S/c1-10-12-26(31-14-13-21(4)39-31)27-17-30(35-22(27)5)32-28(29(11-2)37-38-32)15-20(3)24-16-25(19-34-18-24)36-23(6)33(7,8)9/h10-19,35-37H,1,3,6H2,2,4-5,7-9H3/b26-12+,28-15+,29-11+. The minimum atomic E-state index is -0.0627. The molecule has 0 saturated heterocycles. The summed E-state index contributed by atoms with van der Waals surface area (Å²) in [5, 5.41) is 13.2. The maximum atomic E-state index is 4.69. The molecule has 4 aromatic rings. The van der Waals surface area contributed by atoms with Gasteiger partial charge in [-0.3, -0.25) is 10.1 Å². The van der Waals surface area contributed by atoms with Crippen LogP contribution in [-0.4, -0.2) is 20.2 Å². The molecular weight excluding hydrogens is 498 g/mol. The first kappa shape index (κ1) is 27.9.